The van der Waals surface area contributed by atoms with E-state index in [9.17, 15) is 15.3 Å². The molecule has 4 rings (SSSR count). The van der Waals surface area contributed by atoms with Gasteiger partial charge in [0, 0.05) is 0 Å². The summed E-state index contributed by atoms with van der Waals surface area (Å²) in [6.07, 6.45) is 10.8. The molecule has 0 amide bonds. The summed E-state index contributed by atoms with van der Waals surface area (Å²) in [6, 6.07) is 0. The van der Waals surface area contributed by atoms with Crippen molar-refractivity contribution >= 4 is 0 Å². The summed E-state index contributed by atoms with van der Waals surface area (Å²) in [5.74, 6) is 2.48. The summed E-state index contributed by atoms with van der Waals surface area (Å²) in [4.78, 5) is 0. The fraction of sp³-hybridized carbons (Fsp3) is 0.926. The molecule has 0 unspecified atom stereocenters. The van der Waals surface area contributed by atoms with Crippen LogP contribution < -0.4 is 0 Å². The SMILES string of the molecule is C=C(C)CCC[C@](C)(O)[C@H]1CC[C@H]2[C@@H]3C[C@H](O)[C@H]4C[C@@H](O)CC[C@]4(C)[C@H]3CC[C@@]21C. The number of fused-ring (bicyclic) bond motifs is 5. The first-order valence-electron chi connectivity index (χ1n) is 12.7. The Morgan fingerprint density at radius 1 is 0.967 bits per heavy atom. The van der Waals surface area contributed by atoms with E-state index in [-0.39, 0.29) is 29.0 Å². The van der Waals surface area contributed by atoms with Gasteiger partial charge in [-0.15, -0.1) is 6.58 Å². The molecule has 3 heteroatoms. The lowest BCUT2D eigenvalue weighted by Crippen LogP contribution is -2.59. The maximum Gasteiger partial charge on any atom is 0.0653 e. The minimum Gasteiger partial charge on any atom is -0.393 e. The molecule has 4 fully saturated rings. The molecule has 4 aliphatic rings. The normalized spacial score (nSPS) is 50.2. The van der Waals surface area contributed by atoms with Crippen molar-refractivity contribution in [2.75, 3.05) is 0 Å². The Balaban J connectivity index is 1.54. The molecule has 0 aromatic carbocycles. The van der Waals surface area contributed by atoms with Gasteiger partial charge in [0.25, 0.3) is 0 Å². The third-order valence-corrected chi connectivity index (χ3v) is 10.7. The number of allylic oxidation sites excluding steroid dienone is 1. The van der Waals surface area contributed by atoms with Crippen molar-refractivity contribution < 1.29 is 15.3 Å². The maximum atomic E-state index is 11.5. The Labute approximate surface area is 184 Å². The van der Waals surface area contributed by atoms with E-state index in [1.807, 2.05) is 0 Å². The van der Waals surface area contributed by atoms with Crippen LogP contribution in [0.4, 0.5) is 0 Å². The first-order valence-corrected chi connectivity index (χ1v) is 12.7. The molecule has 0 radical (unpaired) electrons. The van der Waals surface area contributed by atoms with E-state index in [4.69, 9.17) is 0 Å². The lowest BCUT2D eigenvalue weighted by molar-refractivity contribution is -0.179. The average molecular weight is 419 g/mol. The molecular weight excluding hydrogens is 372 g/mol. The quantitative estimate of drug-likeness (QED) is 0.519. The van der Waals surface area contributed by atoms with E-state index in [0.717, 1.165) is 51.4 Å². The van der Waals surface area contributed by atoms with Crippen LogP contribution in [0.15, 0.2) is 12.2 Å². The Morgan fingerprint density at radius 3 is 2.33 bits per heavy atom. The highest BCUT2D eigenvalue weighted by molar-refractivity contribution is 5.13. The minimum atomic E-state index is -0.611. The van der Waals surface area contributed by atoms with E-state index < -0.39 is 5.60 Å². The summed E-state index contributed by atoms with van der Waals surface area (Å²) >= 11 is 0. The van der Waals surface area contributed by atoms with Gasteiger partial charge >= 0.3 is 0 Å². The number of hydrogen-bond acceptors (Lipinski definition) is 3. The zero-order chi connectivity index (χ0) is 21.9. The van der Waals surface area contributed by atoms with Gasteiger partial charge in [0.2, 0.25) is 0 Å². The zero-order valence-corrected chi connectivity index (χ0v) is 19.9. The lowest BCUT2D eigenvalue weighted by atomic mass is 9.43. The van der Waals surface area contributed by atoms with Gasteiger partial charge in [0.15, 0.2) is 0 Å². The minimum absolute atomic E-state index is 0.172. The summed E-state index contributed by atoms with van der Waals surface area (Å²) in [5, 5.41) is 32.9. The molecule has 0 aromatic rings. The van der Waals surface area contributed by atoms with E-state index in [1.165, 1.54) is 24.8 Å². The molecule has 3 N–H and O–H groups in total. The molecule has 30 heavy (non-hydrogen) atoms. The summed E-state index contributed by atoms with van der Waals surface area (Å²) < 4.78 is 0. The highest BCUT2D eigenvalue weighted by Crippen LogP contribution is 2.68. The van der Waals surface area contributed by atoms with E-state index >= 15 is 0 Å². The highest BCUT2D eigenvalue weighted by atomic mass is 16.3. The number of aliphatic hydroxyl groups excluding tert-OH is 2. The van der Waals surface area contributed by atoms with Crippen LogP contribution in [0.25, 0.3) is 0 Å². The third kappa shape index (κ3) is 3.61. The van der Waals surface area contributed by atoms with Crippen molar-refractivity contribution in [3.05, 3.63) is 12.2 Å². The topological polar surface area (TPSA) is 60.7 Å². The van der Waals surface area contributed by atoms with E-state index in [0.29, 0.717) is 23.7 Å². The van der Waals surface area contributed by atoms with Crippen LogP contribution in [0, 0.1) is 40.4 Å². The highest BCUT2D eigenvalue weighted by Gasteiger charge is 2.63. The van der Waals surface area contributed by atoms with Gasteiger partial charge in [0.05, 0.1) is 17.8 Å². The van der Waals surface area contributed by atoms with Crippen LogP contribution >= 0.6 is 0 Å². The standard InChI is InChI=1S/C27H46O3/c1-17(2)7-6-12-27(5,30)24-9-8-20-19-16-23(29)22-15-18(28)10-13-25(22,3)21(19)11-14-26(20,24)4/h18-24,28-30H,1,6-16H2,2-5H3/t18-,19-,20-,21-,22+,23-,24-,25+,26-,27-/m0/s1. The van der Waals surface area contributed by atoms with Gasteiger partial charge in [-0.25, -0.2) is 0 Å². The second kappa shape index (κ2) is 7.89. The molecule has 4 aliphatic carbocycles. The van der Waals surface area contributed by atoms with Gasteiger partial charge < -0.3 is 15.3 Å². The van der Waals surface area contributed by atoms with Crippen LogP contribution in [0.3, 0.4) is 0 Å². The summed E-state index contributed by atoms with van der Waals surface area (Å²) in [7, 11) is 0. The largest absolute Gasteiger partial charge is 0.393 e. The number of aliphatic hydroxyl groups is 3. The van der Waals surface area contributed by atoms with Gasteiger partial charge in [-0.05, 0) is 125 Å². The Kier molecular flexibility index (Phi) is 5.99. The zero-order valence-electron chi connectivity index (χ0n) is 19.9. The Hall–Kier alpha value is -0.380. The second-order valence-corrected chi connectivity index (χ2v) is 12.6. The number of hydrogen-bond donors (Lipinski definition) is 3. The average Bonchev–Trinajstić information content (AvgIpc) is 3.01. The predicted octanol–water partition coefficient (Wildman–Crippen LogP) is 5.47. The molecule has 10 atom stereocenters. The molecule has 172 valence electrons. The van der Waals surface area contributed by atoms with Gasteiger partial charge in [-0.2, -0.15) is 0 Å². The fourth-order valence-corrected chi connectivity index (χ4v) is 9.22. The van der Waals surface area contributed by atoms with Crippen molar-refractivity contribution in [1.29, 1.82) is 0 Å². The molecule has 0 aliphatic heterocycles. The third-order valence-electron chi connectivity index (χ3n) is 10.7. The Bertz CT molecular complexity index is 656. The molecule has 0 aromatic heterocycles. The lowest BCUT2D eigenvalue weighted by Gasteiger charge is -2.62. The molecule has 3 nitrogen and oxygen atoms in total. The van der Waals surface area contributed by atoms with Crippen LogP contribution in [0.1, 0.15) is 98.3 Å². The van der Waals surface area contributed by atoms with Crippen molar-refractivity contribution in [1.82, 2.24) is 0 Å². The Morgan fingerprint density at radius 2 is 1.63 bits per heavy atom. The van der Waals surface area contributed by atoms with Crippen LogP contribution in [-0.2, 0) is 0 Å². The summed E-state index contributed by atoms with van der Waals surface area (Å²) in [6.45, 7) is 13.1. The van der Waals surface area contributed by atoms with Crippen molar-refractivity contribution in [3.8, 4) is 0 Å². The molecule has 0 spiro atoms. The second-order valence-electron chi connectivity index (χ2n) is 12.6. The molecular formula is C27H46O3. The van der Waals surface area contributed by atoms with Crippen LogP contribution in [0.2, 0.25) is 0 Å². The van der Waals surface area contributed by atoms with Gasteiger partial charge in [-0.1, -0.05) is 19.4 Å². The van der Waals surface area contributed by atoms with Crippen molar-refractivity contribution in [3.63, 3.8) is 0 Å². The van der Waals surface area contributed by atoms with Crippen LogP contribution in [0.5, 0.6) is 0 Å². The first-order chi connectivity index (χ1) is 14.0. The van der Waals surface area contributed by atoms with E-state index in [1.54, 1.807) is 0 Å². The maximum absolute atomic E-state index is 11.5. The first kappa shape index (κ1) is 22.8. The smallest absolute Gasteiger partial charge is 0.0653 e. The molecule has 0 bridgehead atoms. The molecule has 0 saturated heterocycles. The summed E-state index contributed by atoms with van der Waals surface area (Å²) in [5.41, 5.74) is 0.953. The van der Waals surface area contributed by atoms with Crippen molar-refractivity contribution in [2.45, 2.75) is 116 Å². The molecule has 4 saturated carbocycles. The van der Waals surface area contributed by atoms with E-state index in [2.05, 4.69) is 34.3 Å². The van der Waals surface area contributed by atoms with Gasteiger partial charge in [-0.3, -0.25) is 0 Å². The predicted molar refractivity (Wildman–Crippen MR) is 122 cm³/mol. The van der Waals surface area contributed by atoms with Crippen LogP contribution in [-0.4, -0.2) is 33.1 Å². The van der Waals surface area contributed by atoms with Crippen molar-refractivity contribution in [2.24, 2.45) is 40.4 Å². The fourth-order valence-electron chi connectivity index (χ4n) is 9.22. The van der Waals surface area contributed by atoms with Gasteiger partial charge in [0.1, 0.15) is 0 Å². The number of rotatable bonds is 5. The molecule has 0 heterocycles. The monoisotopic (exact) mass is 418 g/mol.